The molecule has 0 aliphatic heterocycles. The van der Waals surface area contributed by atoms with Crippen LogP contribution in [0.3, 0.4) is 0 Å². The molecule has 2 unspecified atom stereocenters. The number of alkyl halides is 3. The molecule has 0 aromatic carbocycles. The summed E-state index contributed by atoms with van der Waals surface area (Å²) in [6.07, 6.45) is 0.287. The first-order valence-electron chi connectivity index (χ1n) is 8.18. The molecule has 126 valence electrons. The van der Waals surface area contributed by atoms with Crippen LogP contribution in [0.5, 0.6) is 0 Å². The van der Waals surface area contributed by atoms with Gasteiger partial charge in [-0.3, -0.25) is 4.90 Å². The van der Waals surface area contributed by atoms with Gasteiger partial charge in [-0.05, 0) is 30.7 Å². The van der Waals surface area contributed by atoms with Crippen molar-refractivity contribution in [3.05, 3.63) is 0 Å². The van der Waals surface area contributed by atoms with Crippen molar-refractivity contribution in [3.8, 4) is 0 Å². The largest absolute Gasteiger partial charge is 0.401 e. The fourth-order valence-electron chi connectivity index (χ4n) is 3.56. The van der Waals surface area contributed by atoms with Crippen LogP contribution in [0.2, 0.25) is 0 Å². The summed E-state index contributed by atoms with van der Waals surface area (Å²) in [6.45, 7) is 9.26. The lowest BCUT2D eigenvalue weighted by molar-refractivity contribution is -0.149. The molecule has 0 aromatic rings. The molecule has 5 heteroatoms. The van der Waals surface area contributed by atoms with Crippen molar-refractivity contribution >= 4 is 0 Å². The Balaban J connectivity index is 2.75. The van der Waals surface area contributed by atoms with Crippen LogP contribution in [0.4, 0.5) is 13.2 Å². The van der Waals surface area contributed by atoms with Crippen molar-refractivity contribution < 1.29 is 13.2 Å². The van der Waals surface area contributed by atoms with Crippen LogP contribution in [0, 0.1) is 11.3 Å². The van der Waals surface area contributed by atoms with Crippen molar-refractivity contribution in [2.24, 2.45) is 11.3 Å². The Kier molecular flexibility index (Phi) is 6.98. The second-order valence-electron chi connectivity index (χ2n) is 7.16. The second-order valence-corrected chi connectivity index (χ2v) is 7.16. The fraction of sp³-hybridized carbons (Fsp3) is 1.00. The van der Waals surface area contributed by atoms with Crippen LogP contribution < -0.4 is 5.32 Å². The fourth-order valence-corrected chi connectivity index (χ4v) is 3.56. The molecule has 1 aliphatic carbocycles. The lowest BCUT2D eigenvalue weighted by Gasteiger charge is -2.44. The molecule has 0 heterocycles. The van der Waals surface area contributed by atoms with Gasteiger partial charge in [-0.25, -0.2) is 0 Å². The molecule has 1 aliphatic rings. The first-order valence-corrected chi connectivity index (χ1v) is 8.18. The first-order chi connectivity index (χ1) is 9.66. The minimum atomic E-state index is -4.11. The van der Waals surface area contributed by atoms with Gasteiger partial charge in [-0.15, -0.1) is 0 Å². The quantitative estimate of drug-likeness (QED) is 0.763. The summed E-state index contributed by atoms with van der Waals surface area (Å²) in [7, 11) is 0. The van der Waals surface area contributed by atoms with Gasteiger partial charge in [0.1, 0.15) is 0 Å². The number of rotatable bonds is 7. The van der Waals surface area contributed by atoms with Crippen LogP contribution in [0.1, 0.15) is 53.4 Å². The summed E-state index contributed by atoms with van der Waals surface area (Å²) in [5, 5.41) is 3.46. The van der Waals surface area contributed by atoms with E-state index >= 15 is 0 Å². The molecular weight excluding hydrogens is 277 g/mol. The zero-order valence-corrected chi connectivity index (χ0v) is 13.9. The number of hydrogen-bond donors (Lipinski definition) is 1. The van der Waals surface area contributed by atoms with Gasteiger partial charge in [-0.1, -0.05) is 40.5 Å². The Labute approximate surface area is 127 Å². The average Bonchev–Trinajstić information content (AvgIpc) is 2.34. The van der Waals surface area contributed by atoms with Gasteiger partial charge >= 0.3 is 6.18 Å². The molecule has 2 atom stereocenters. The zero-order valence-electron chi connectivity index (χ0n) is 13.9. The maximum atomic E-state index is 12.7. The minimum Gasteiger partial charge on any atom is -0.314 e. The van der Waals surface area contributed by atoms with Crippen LogP contribution in [0.15, 0.2) is 0 Å². The molecule has 1 N–H and O–H groups in total. The van der Waals surface area contributed by atoms with Crippen molar-refractivity contribution in [3.63, 3.8) is 0 Å². The third-order valence-corrected chi connectivity index (χ3v) is 4.48. The Bertz CT molecular complexity index is 304. The van der Waals surface area contributed by atoms with Crippen LogP contribution in [0.25, 0.3) is 0 Å². The van der Waals surface area contributed by atoms with E-state index in [1.807, 2.05) is 6.92 Å². The molecule has 0 aromatic heterocycles. The van der Waals surface area contributed by atoms with Crippen molar-refractivity contribution in [2.75, 3.05) is 26.2 Å². The van der Waals surface area contributed by atoms with Crippen molar-refractivity contribution in [2.45, 2.75) is 65.6 Å². The third kappa shape index (κ3) is 7.00. The first kappa shape index (κ1) is 18.8. The van der Waals surface area contributed by atoms with E-state index in [1.54, 1.807) is 4.90 Å². The lowest BCUT2D eigenvalue weighted by atomic mass is 9.69. The molecule has 0 spiro atoms. The highest BCUT2D eigenvalue weighted by Gasteiger charge is 2.39. The molecule has 0 amide bonds. The highest BCUT2D eigenvalue weighted by atomic mass is 19.4. The summed E-state index contributed by atoms with van der Waals surface area (Å²) < 4.78 is 38.1. The van der Waals surface area contributed by atoms with E-state index < -0.39 is 12.7 Å². The van der Waals surface area contributed by atoms with E-state index in [4.69, 9.17) is 0 Å². The highest BCUT2D eigenvalue weighted by molar-refractivity contribution is 4.90. The zero-order chi connectivity index (χ0) is 16.1. The van der Waals surface area contributed by atoms with Crippen LogP contribution in [-0.4, -0.2) is 43.3 Å². The molecule has 2 nitrogen and oxygen atoms in total. The van der Waals surface area contributed by atoms with Crippen molar-refractivity contribution in [1.82, 2.24) is 10.2 Å². The number of hydrogen-bond acceptors (Lipinski definition) is 2. The van der Waals surface area contributed by atoms with Crippen LogP contribution >= 0.6 is 0 Å². The standard InChI is InChI=1S/C16H31F3N2/c1-5-21(12-16(17,18)19)11-15(10-20-13(2)3)8-6-7-14(4)9-15/h13-14,20H,5-12H2,1-4H3. The molecule has 1 saturated carbocycles. The van der Waals surface area contributed by atoms with E-state index in [2.05, 4.69) is 26.1 Å². The number of halogens is 3. The summed E-state index contributed by atoms with van der Waals surface area (Å²) in [4.78, 5) is 1.57. The van der Waals surface area contributed by atoms with E-state index in [1.165, 1.54) is 6.42 Å². The van der Waals surface area contributed by atoms with Gasteiger partial charge in [0, 0.05) is 19.1 Å². The minimum absolute atomic E-state index is 0.0107. The molecule has 0 saturated heterocycles. The summed E-state index contributed by atoms with van der Waals surface area (Å²) in [6, 6.07) is 0.372. The summed E-state index contributed by atoms with van der Waals surface area (Å²) in [5.41, 5.74) is -0.0107. The topological polar surface area (TPSA) is 15.3 Å². The Morgan fingerprint density at radius 2 is 2.00 bits per heavy atom. The molecule has 1 fully saturated rings. The predicted octanol–water partition coefficient (Wildman–Crippen LogP) is 4.07. The summed E-state index contributed by atoms with van der Waals surface area (Å²) >= 11 is 0. The SMILES string of the molecule is CCN(CC(F)(F)F)CC1(CNC(C)C)CCCC(C)C1. The molecule has 0 bridgehead atoms. The lowest BCUT2D eigenvalue weighted by Crippen LogP contribution is -2.49. The van der Waals surface area contributed by atoms with Crippen LogP contribution in [-0.2, 0) is 0 Å². The van der Waals surface area contributed by atoms with Gasteiger partial charge in [0.25, 0.3) is 0 Å². The maximum Gasteiger partial charge on any atom is 0.401 e. The summed E-state index contributed by atoms with van der Waals surface area (Å²) in [5.74, 6) is 0.609. The smallest absolute Gasteiger partial charge is 0.314 e. The Morgan fingerprint density at radius 3 is 2.48 bits per heavy atom. The predicted molar refractivity (Wildman–Crippen MR) is 81.4 cm³/mol. The van der Waals surface area contributed by atoms with Gasteiger partial charge in [0.15, 0.2) is 0 Å². The molecule has 1 rings (SSSR count). The van der Waals surface area contributed by atoms with E-state index in [9.17, 15) is 13.2 Å². The van der Waals surface area contributed by atoms with E-state index in [-0.39, 0.29) is 5.41 Å². The average molecular weight is 308 g/mol. The van der Waals surface area contributed by atoms with Gasteiger partial charge < -0.3 is 5.32 Å². The van der Waals surface area contributed by atoms with E-state index in [0.717, 1.165) is 25.8 Å². The molecular formula is C16H31F3N2. The normalized spacial score (nSPS) is 27.6. The van der Waals surface area contributed by atoms with E-state index in [0.29, 0.717) is 25.0 Å². The molecule has 0 radical (unpaired) electrons. The Hall–Kier alpha value is -0.290. The Morgan fingerprint density at radius 1 is 1.33 bits per heavy atom. The third-order valence-electron chi connectivity index (χ3n) is 4.48. The van der Waals surface area contributed by atoms with Crippen molar-refractivity contribution in [1.29, 1.82) is 0 Å². The molecule has 21 heavy (non-hydrogen) atoms. The monoisotopic (exact) mass is 308 g/mol. The van der Waals surface area contributed by atoms with Gasteiger partial charge in [-0.2, -0.15) is 13.2 Å². The van der Waals surface area contributed by atoms with Gasteiger partial charge in [0.2, 0.25) is 0 Å². The number of nitrogens with one attached hydrogen (secondary N) is 1. The number of nitrogens with zero attached hydrogens (tertiary/aromatic N) is 1. The van der Waals surface area contributed by atoms with Gasteiger partial charge in [0.05, 0.1) is 6.54 Å². The maximum absolute atomic E-state index is 12.7. The highest BCUT2D eigenvalue weighted by Crippen LogP contribution is 2.40. The second kappa shape index (κ2) is 7.82.